The molecule has 1 aliphatic rings. The Kier molecular flexibility index (Phi) is 8.09. The lowest BCUT2D eigenvalue weighted by Crippen LogP contribution is -2.38. The zero-order valence-corrected chi connectivity index (χ0v) is 14.9. The number of methoxy groups -OCH3 is 1. The Morgan fingerprint density at radius 3 is 2.28 bits per heavy atom. The predicted molar refractivity (Wildman–Crippen MR) is 95.7 cm³/mol. The molecule has 0 aromatic heterocycles. The zero-order valence-electron chi connectivity index (χ0n) is 14.9. The third-order valence-corrected chi connectivity index (χ3v) is 4.29. The van der Waals surface area contributed by atoms with Crippen molar-refractivity contribution in [1.82, 2.24) is 10.6 Å². The summed E-state index contributed by atoms with van der Waals surface area (Å²) in [5, 5.41) is 5.68. The molecule has 0 aliphatic heterocycles. The van der Waals surface area contributed by atoms with Crippen molar-refractivity contribution in [1.29, 1.82) is 0 Å². The Labute approximate surface area is 149 Å². The lowest BCUT2D eigenvalue weighted by molar-refractivity contribution is -0.129. The van der Waals surface area contributed by atoms with Gasteiger partial charge in [0.05, 0.1) is 13.7 Å². The van der Waals surface area contributed by atoms with Crippen molar-refractivity contribution in [2.24, 2.45) is 0 Å². The molecule has 6 heteroatoms. The molecule has 1 aromatic rings. The Balaban J connectivity index is 1.58. The molecule has 138 valence electrons. The van der Waals surface area contributed by atoms with Gasteiger partial charge in [-0.1, -0.05) is 25.7 Å². The van der Waals surface area contributed by atoms with E-state index in [1.165, 1.54) is 12.8 Å². The van der Waals surface area contributed by atoms with Crippen LogP contribution in [-0.4, -0.2) is 38.1 Å². The van der Waals surface area contributed by atoms with Crippen molar-refractivity contribution < 1.29 is 19.1 Å². The van der Waals surface area contributed by atoms with Gasteiger partial charge in [-0.2, -0.15) is 0 Å². The van der Waals surface area contributed by atoms with Gasteiger partial charge >= 0.3 is 0 Å². The summed E-state index contributed by atoms with van der Waals surface area (Å²) in [4.78, 5) is 23.7. The highest BCUT2D eigenvalue weighted by Crippen LogP contribution is 2.17. The minimum absolute atomic E-state index is 0.126. The summed E-state index contributed by atoms with van der Waals surface area (Å²) in [6, 6.07) is 7.46. The highest BCUT2D eigenvalue weighted by Gasteiger charge is 2.16. The maximum Gasteiger partial charge on any atom is 0.229 e. The van der Waals surface area contributed by atoms with Crippen LogP contribution in [0, 0.1) is 0 Å². The summed E-state index contributed by atoms with van der Waals surface area (Å²) in [6.07, 6.45) is 6.69. The fourth-order valence-corrected chi connectivity index (χ4v) is 2.94. The largest absolute Gasteiger partial charge is 0.497 e. The Morgan fingerprint density at radius 2 is 1.64 bits per heavy atom. The van der Waals surface area contributed by atoms with Crippen molar-refractivity contribution in [2.75, 3.05) is 20.3 Å². The highest BCUT2D eigenvalue weighted by molar-refractivity contribution is 5.96. The van der Waals surface area contributed by atoms with Crippen LogP contribution in [0.5, 0.6) is 11.5 Å². The van der Waals surface area contributed by atoms with E-state index in [1.807, 2.05) is 12.1 Å². The topological polar surface area (TPSA) is 76.7 Å². The normalized spacial score (nSPS) is 15.1. The Morgan fingerprint density at radius 1 is 1.00 bits per heavy atom. The molecule has 1 aromatic carbocycles. The van der Waals surface area contributed by atoms with Crippen LogP contribution in [0.1, 0.15) is 44.9 Å². The number of carbonyl (C=O) groups is 2. The van der Waals surface area contributed by atoms with Crippen LogP contribution in [0.15, 0.2) is 24.3 Å². The van der Waals surface area contributed by atoms with Crippen LogP contribution in [0.25, 0.3) is 0 Å². The average Bonchev–Trinajstić information content (AvgIpc) is 2.87. The number of carbonyl (C=O) groups excluding carboxylic acids is 2. The monoisotopic (exact) mass is 348 g/mol. The highest BCUT2D eigenvalue weighted by atomic mass is 16.5. The lowest BCUT2D eigenvalue weighted by atomic mass is 10.1. The van der Waals surface area contributed by atoms with E-state index in [0.717, 1.165) is 31.4 Å². The van der Waals surface area contributed by atoms with Gasteiger partial charge in [0.1, 0.15) is 24.5 Å². The van der Waals surface area contributed by atoms with E-state index in [-0.39, 0.29) is 24.3 Å². The zero-order chi connectivity index (χ0) is 17.9. The van der Waals surface area contributed by atoms with Gasteiger partial charge in [0, 0.05) is 6.04 Å². The fraction of sp³-hybridized carbons (Fsp3) is 0.579. The van der Waals surface area contributed by atoms with E-state index in [2.05, 4.69) is 10.6 Å². The lowest BCUT2D eigenvalue weighted by Gasteiger charge is -2.16. The summed E-state index contributed by atoms with van der Waals surface area (Å²) in [7, 11) is 1.61. The van der Waals surface area contributed by atoms with Crippen LogP contribution >= 0.6 is 0 Å². The molecule has 1 fully saturated rings. The molecule has 0 heterocycles. The van der Waals surface area contributed by atoms with Crippen molar-refractivity contribution in [2.45, 2.75) is 51.0 Å². The van der Waals surface area contributed by atoms with E-state index >= 15 is 0 Å². The van der Waals surface area contributed by atoms with Crippen molar-refractivity contribution in [3.63, 3.8) is 0 Å². The summed E-state index contributed by atoms with van der Waals surface area (Å²) in [5.74, 6) is 1.01. The number of benzene rings is 1. The standard InChI is InChI=1S/C19H28N2O4/c1-24-16-8-10-17(11-9-16)25-13-12-20-18(22)14-19(23)21-15-6-4-2-3-5-7-15/h8-11,15H,2-7,12-14H2,1H3,(H,20,22)(H,21,23). The first kappa shape index (κ1) is 19.1. The molecule has 1 aliphatic carbocycles. The van der Waals surface area contributed by atoms with Crippen LogP contribution in [0.4, 0.5) is 0 Å². The van der Waals surface area contributed by atoms with Crippen molar-refractivity contribution in [3.8, 4) is 11.5 Å². The van der Waals surface area contributed by atoms with Gasteiger partial charge in [-0.3, -0.25) is 9.59 Å². The summed E-state index contributed by atoms with van der Waals surface area (Å²) in [6.45, 7) is 0.712. The van der Waals surface area contributed by atoms with Crippen LogP contribution in [0.3, 0.4) is 0 Å². The van der Waals surface area contributed by atoms with Crippen LogP contribution in [0.2, 0.25) is 0 Å². The minimum atomic E-state index is -0.274. The molecule has 0 atom stereocenters. The van der Waals surface area contributed by atoms with E-state index in [9.17, 15) is 9.59 Å². The summed E-state index contributed by atoms with van der Waals surface area (Å²) < 4.78 is 10.6. The molecular weight excluding hydrogens is 320 g/mol. The quantitative estimate of drug-likeness (QED) is 0.430. The second-order valence-electron chi connectivity index (χ2n) is 6.31. The molecule has 0 spiro atoms. The predicted octanol–water partition coefficient (Wildman–Crippen LogP) is 2.42. The first-order valence-electron chi connectivity index (χ1n) is 9.00. The first-order valence-corrected chi connectivity index (χ1v) is 9.00. The SMILES string of the molecule is COc1ccc(OCCNC(=O)CC(=O)NC2CCCCCC2)cc1. The van der Waals surface area contributed by atoms with Crippen molar-refractivity contribution in [3.05, 3.63) is 24.3 Å². The van der Waals surface area contributed by atoms with Gasteiger partial charge in [-0.05, 0) is 37.1 Å². The third kappa shape index (κ3) is 7.45. The van der Waals surface area contributed by atoms with Gasteiger partial charge in [0.25, 0.3) is 0 Å². The molecule has 0 saturated heterocycles. The smallest absolute Gasteiger partial charge is 0.229 e. The van der Waals surface area contributed by atoms with Gasteiger partial charge in [-0.25, -0.2) is 0 Å². The molecule has 25 heavy (non-hydrogen) atoms. The van der Waals surface area contributed by atoms with Crippen molar-refractivity contribution >= 4 is 11.8 Å². The molecule has 2 rings (SSSR count). The number of rotatable bonds is 8. The second-order valence-corrected chi connectivity index (χ2v) is 6.31. The Bertz CT molecular complexity index is 537. The molecule has 2 N–H and O–H groups in total. The average molecular weight is 348 g/mol. The first-order chi connectivity index (χ1) is 12.2. The van der Waals surface area contributed by atoms with E-state index in [4.69, 9.17) is 9.47 Å². The number of hydrogen-bond acceptors (Lipinski definition) is 4. The van der Waals surface area contributed by atoms with E-state index in [1.54, 1.807) is 19.2 Å². The fourth-order valence-electron chi connectivity index (χ4n) is 2.94. The molecule has 1 saturated carbocycles. The van der Waals surface area contributed by atoms with Crippen LogP contribution in [-0.2, 0) is 9.59 Å². The van der Waals surface area contributed by atoms with Gasteiger partial charge < -0.3 is 20.1 Å². The molecule has 0 unspecified atom stereocenters. The maximum absolute atomic E-state index is 11.9. The molecule has 6 nitrogen and oxygen atoms in total. The number of nitrogens with one attached hydrogen (secondary N) is 2. The Hall–Kier alpha value is -2.24. The third-order valence-electron chi connectivity index (χ3n) is 4.29. The molecular formula is C19H28N2O4. The van der Waals surface area contributed by atoms with Crippen LogP contribution < -0.4 is 20.1 Å². The molecule has 2 amide bonds. The van der Waals surface area contributed by atoms with Gasteiger partial charge in [0.15, 0.2) is 0 Å². The second kappa shape index (κ2) is 10.6. The summed E-state index contributed by atoms with van der Waals surface area (Å²) >= 11 is 0. The van der Waals surface area contributed by atoms with E-state index in [0.29, 0.717) is 18.9 Å². The van der Waals surface area contributed by atoms with E-state index < -0.39 is 0 Å². The number of hydrogen-bond donors (Lipinski definition) is 2. The summed E-state index contributed by atoms with van der Waals surface area (Å²) in [5.41, 5.74) is 0. The molecule has 0 bridgehead atoms. The molecule has 0 radical (unpaired) electrons. The van der Waals surface area contributed by atoms with Gasteiger partial charge in [0.2, 0.25) is 11.8 Å². The number of ether oxygens (including phenoxy) is 2. The van der Waals surface area contributed by atoms with Gasteiger partial charge in [-0.15, -0.1) is 0 Å². The number of amides is 2. The minimum Gasteiger partial charge on any atom is -0.497 e. The maximum atomic E-state index is 11.9.